The maximum Gasteiger partial charge on any atom is 0.0829 e. The lowest BCUT2D eigenvalue weighted by Gasteiger charge is -2.43. The molecule has 0 radical (unpaired) electrons. The Labute approximate surface area is 60.9 Å². The SMILES string of the molecule is O[C@@H]1C2CCC(CC2)[C@@H]1O. The fourth-order valence-corrected chi connectivity index (χ4v) is 2.39. The van der Waals surface area contributed by atoms with Crippen molar-refractivity contribution in [2.24, 2.45) is 11.8 Å². The van der Waals surface area contributed by atoms with Crippen LogP contribution in [0.25, 0.3) is 0 Å². The van der Waals surface area contributed by atoms with Gasteiger partial charge < -0.3 is 10.2 Å². The minimum atomic E-state index is -0.410. The van der Waals surface area contributed by atoms with Gasteiger partial charge in [-0.15, -0.1) is 0 Å². The van der Waals surface area contributed by atoms with Crippen molar-refractivity contribution >= 4 is 0 Å². The van der Waals surface area contributed by atoms with E-state index in [9.17, 15) is 10.2 Å². The van der Waals surface area contributed by atoms with Crippen LogP contribution in [0.4, 0.5) is 0 Å². The van der Waals surface area contributed by atoms with Crippen molar-refractivity contribution in [3.63, 3.8) is 0 Å². The molecule has 0 heterocycles. The Morgan fingerprint density at radius 1 is 0.700 bits per heavy atom. The number of aliphatic hydroxyl groups excluding tert-OH is 2. The molecule has 3 aliphatic rings. The van der Waals surface area contributed by atoms with Gasteiger partial charge in [0.2, 0.25) is 0 Å². The molecule has 58 valence electrons. The van der Waals surface area contributed by atoms with E-state index in [2.05, 4.69) is 0 Å². The third-order valence-corrected chi connectivity index (χ3v) is 3.13. The molecule has 0 aliphatic heterocycles. The van der Waals surface area contributed by atoms with Crippen molar-refractivity contribution in [2.45, 2.75) is 37.9 Å². The Morgan fingerprint density at radius 2 is 1.00 bits per heavy atom. The predicted octanol–water partition coefficient (Wildman–Crippen LogP) is 0.528. The lowest BCUT2D eigenvalue weighted by molar-refractivity contribution is -0.108. The number of aliphatic hydroxyl groups is 2. The number of rotatable bonds is 0. The van der Waals surface area contributed by atoms with E-state index < -0.39 is 12.2 Å². The molecule has 3 aliphatic carbocycles. The second-order valence-electron chi connectivity index (χ2n) is 3.66. The van der Waals surface area contributed by atoms with Crippen LogP contribution < -0.4 is 0 Å². The lowest BCUT2D eigenvalue weighted by atomic mass is 9.67. The van der Waals surface area contributed by atoms with Crippen LogP contribution in [0.5, 0.6) is 0 Å². The van der Waals surface area contributed by atoms with E-state index in [0.717, 1.165) is 25.7 Å². The molecule has 0 aromatic heterocycles. The molecule has 0 unspecified atom stereocenters. The van der Waals surface area contributed by atoms with Gasteiger partial charge in [0.15, 0.2) is 0 Å². The highest BCUT2D eigenvalue weighted by Gasteiger charge is 2.41. The van der Waals surface area contributed by atoms with Crippen molar-refractivity contribution in [3.8, 4) is 0 Å². The standard InChI is InChI=1S/C8H14O2/c9-7-5-1-2-6(4-3-5)8(7)10/h5-10H,1-4H2/t5?,6?,7-,8+. The average molecular weight is 142 g/mol. The van der Waals surface area contributed by atoms with Gasteiger partial charge in [-0.2, -0.15) is 0 Å². The second-order valence-corrected chi connectivity index (χ2v) is 3.66. The summed E-state index contributed by atoms with van der Waals surface area (Å²) < 4.78 is 0. The van der Waals surface area contributed by atoms with Crippen LogP contribution in [-0.2, 0) is 0 Å². The first-order valence-corrected chi connectivity index (χ1v) is 4.15. The maximum absolute atomic E-state index is 9.42. The van der Waals surface area contributed by atoms with Gasteiger partial charge in [-0.1, -0.05) is 0 Å². The van der Waals surface area contributed by atoms with Gasteiger partial charge in [0, 0.05) is 0 Å². The molecular formula is C8H14O2. The van der Waals surface area contributed by atoms with Gasteiger partial charge in [0.1, 0.15) is 0 Å². The predicted molar refractivity (Wildman–Crippen MR) is 37.5 cm³/mol. The van der Waals surface area contributed by atoms with E-state index in [-0.39, 0.29) is 0 Å². The van der Waals surface area contributed by atoms with Crippen LogP contribution in [0.15, 0.2) is 0 Å². The summed E-state index contributed by atoms with van der Waals surface area (Å²) in [7, 11) is 0. The Kier molecular flexibility index (Phi) is 1.46. The highest BCUT2D eigenvalue weighted by Crippen LogP contribution is 2.41. The summed E-state index contributed by atoms with van der Waals surface area (Å²) in [5.74, 6) is 0.806. The Morgan fingerprint density at radius 3 is 1.20 bits per heavy atom. The normalized spacial score (nSPS) is 53.4. The molecule has 0 aromatic rings. The van der Waals surface area contributed by atoms with Crippen molar-refractivity contribution in [3.05, 3.63) is 0 Å². The monoisotopic (exact) mass is 142 g/mol. The van der Waals surface area contributed by atoms with Crippen molar-refractivity contribution in [2.75, 3.05) is 0 Å². The smallest absolute Gasteiger partial charge is 0.0829 e. The first-order valence-electron chi connectivity index (χ1n) is 4.15. The van der Waals surface area contributed by atoms with Gasteiger partial charge in [0.05, 0.1) is 12.2 Å². The molecule has 3 saturated carbocycles. The van der Waals surface area contributed by atoms with Crippen LogP contribution >= 0.6 is 0 Å². The van der Waals surface area contributed by atoms with Crippen molar-refractivity contribution < 1.29 is 10.2 Å². The van der Waals surface area contributed by atoms with Gasteiger partial charge in [-0.3, -0.25) is 0 Å². The summed E-state index contributed by atoms with van der Waals surface area (Å²) in [5.41, 5.74) is 0. The summed E-state index contributed by atoms with van der Waals surface area (Å²) in [4.78, 5) is 0. The fourth-order valence-electron chi connectivity index (χ4n) is 2.39. The quantitative estimate of drug-likeness (QED) is 0.518. The molecule has 0 spiro atoms. The highest BCUT2D eigenvalue weighted by atomic mass is 16.3. The zero-order valence-corrected chi connectivity index (χ0v) is 6.03. The summed E-state index contributed by atoms with van der Waals surface area (Å²) in [6.45, 7) is 0. The zero-order valence-electron chi connectivity index (χ0n) is 6.03. The number of hydrogen-bond acceptors (Lipinski definition) is 2. The topological polar surface area (TPSA) is 40.5 Å². The largest absolute Gasteiger partial charge is 0.390 e. The summed E-state index contributed by atoms with van der Waals surface area (Å²) in [5, 5.41) is 18.8. The minimum absolute atomic E-state index is 0.403. The number of hydrogen-bond donors (Lipinski definition) is 2. The number of fused-ring (bicyclic) bond motifs is 3. The van der Waals surface area contributed by atoms with Gasteiger partial charge in [-0.05, 0) is 37.5 Å². The minimum Gasteiger partial charge on any atom is -0.390 e. The Hall–Kier alpha value is -0.0800. The van der Waals surface area contributed by atoms with E-state index in [1.165, 1.54) is 0 Å². The molecule has 0 aromatic carbocycles. The van der Waals surface area contributed by atoms with Crippen LogP contribution in [0.1, 0.15) is 25.7 Å². The Balaban J connectivity index is 2.13. The van der Waals surface area contributed by atoms with E-state index in [4.69, 9.17) is 0 Å². The fraction of sp³-hybridized carbons (Fsp3) is 1.00. The molecule has 2 atom stereocenters. The van der Waals surface area contributed by atoms with Crippen LogP contribution in [0, 0.1) is 11.8 Å². The average Bonchev–Trinajstić information content (AvgIpc) is 2.00. The molecule has 2 bridgehead atoms. The Bertz CT molecular complexity index is 107. The van der Waals surface area contributed by atoms with Crippen LogP contribution in [0.3, 0.4) is 0 Å². The zero-order chi connectivity index (χ0) is 7.14. The van der Waals surface area contributed by atoms with Gasteiger partial charge in [0.25, 0.3) is 0 Å². The van der Waals surface area contributed by atoms with Crippen molar-refractivity contribution in [1.82, 2.24) is 0 Å². The lowest BCUT2D eigenvalue weighted by Crippen LogP contribution is -2.47. The molecule has 0 amide bonds. The first-order chi connectivity index (χ1) is 4.79. The molecular weight excluding hydrogens is 128 g/mol. The molecule has 10 heavy (non-hydrogen) atoms. The molecule has 3 fully saturated rings. The summed E-state index contributed by atoms with van der Waals surface area (Å²) in [6.07, 6.45) is 3.69. The highest BCUT2D eigenvalue weighted by molar-refractivity contribution is 4.92. The van der Waals surface area contributed by atoms with Crippen LogP contribution in [-0.4, -0.2) is 22.4 Å². The summed E-state index contributed by atoms with van der Waals surface area (Å²) in [6, 6.07) is 0. The molecule has 0 saturated heterocycles. The van der Waals surface area contributed by atoms with Crippen molar-refractivity contribution in [1.29, 1.82) is 0 Å². The maximum atomic E-state index is 9.42. The molecule has 2 heteroatoms. The third-order valence-electron chi connectivity index (χ3n) is 3.13. The van der Waals surface area contributed by atoms with Gasteiger partial charge in [-0.25, -0.2) is 0 Å². The summed E-state index contributed by atoms with van der Waals surface area (Å²) >= 11 is 0. The molecule has 2 N–H and O–H groups in total. The van der Waals surface area contributed by atoms with E-state index >= 15 is 0 Å². The van der Waals surface area contributed by atoms with Crippen LogP contribution in [0.2, 0.25) is 0 Å². The van der Waals surface area contributed by atoms with E-state index in [0.29, 0.717) is 11.8 Å². The van der Waals surface area contributed by atoms with E-state index in [1.807, 2.05) is 0 Å². The third kappa shape index (κ3) is 0.789. The molecule has 3 rings (SSSR count). The second kappa shape index (κ2) is 2.21. The molecule has 2 nitrogen and oxygen atoms in total. The van der Waals surface area contributed by atoms with Gasteiger partial charge >= 0.3 is 0 Å². The first kappa shape index (κ1) is 6.62. The van der Waals surface area contributed by atoms with E-state index in [1.54, 1.807) is 0 Å².